The van der Waals surface area contributed by atoms with Crippen molar-refractivity contribution >= 4 is 33.4 Å². The van der Waals surface area contributed by atoms with Crippen LogP contribution in [-0.2, 0) is 24.3 Å². The van der Waals surface area contributed by atoms with Gasteiger partial charge in [0.05, 0.1) is 16.8 Å². The van der Waals surface area contributed by atoms with E-state index in [0.717, 1.165) is 47.9 Å². The van der Waals surface area contributed by atoms with Gasteiger partial charge in [-0.2, -0.15) is 0 Å². The Morgan fingerprint density at radius 1 is 1.27 bits per heavy atom. The molecule has 5 rings (SSSR count). The summed E-state index contributed by atoms with van der Waals surface area (Å²) < 4.78 is 3.00. The topological polar surface area (TPSA) is 93.2 Å². The first-order valence-electron chi connectivity index (χ1n) is 11.9. The Morgan fingerprint density at radius 3 is 2.76 bits per heavy atom. The van der Waals surface area contributed by atoms with Gasteiger partial charge in [0, 0.05) is 29.9 Å². The number of hydrogen-bond acceptors (Lipinski definition) is 5. The van der Waals surface area contributed by atoms with Gasteiger partial charge in [-0.25, -0.2) is 0 Å². The highest BCUT2D eigenvalue weighted by Gasteiger charge is 2.49. The molecule has 174 valence electrons. The quantitative estimate of drug-likeness (QED) is 0.561. The van der Waals surface area contributed by atoms with E-state index in [1.807, 2.05) is 22.8 Å². The van der Waals surface area contributed by atoms with E-state index in [-0.39, 0.29) is 30.9 Å². The number of carbonyl (C=O) groups excluding carboxylic acids is 2. The van der Waals surface area contributed by atoms with E-state index in [1.165, 1.54) is 22.6 Å². The van der Waals surface area contributed by atoms with Crippen LogP contribution in [0.4, 0.5) is 0 Å². The minimum atomic E-state index is -1.48. The Kier molecular flexibility index (Phi) is 5.97. The van der Waals surface area contributed by atoms with Gasteiger partial charge in [-0.1, -0.05) is 38.7 Å². The van der Waals surface area contributed by atoms with Crippen molar-refractivity contribution in [2.75, 3.05) is 0 Å². The van der Waals surface area contributed by atoms with Crippen LogP contribution >= 0.6 is 11.3 Å². The van der Waals surface area contributed by atoms with Crippen molar-refractivity contribution in [3.63, 3.8) is 0 Å². The zero-order valence-electron chi connectivity index (χ0n) is 19.0. The summed E-state index contributed by atoms with van der Waals surface area (Å²) in [6, 6.07) is 7.91. The molecule has 1 unspecified atom stereocenters. The van der Waals surface area contributed by atoms with E-state index in [0.29, 0.717) is 5.69 Å². The molecule has 8 heteroatoms. The lowest BCUT2D eigenvalue weighted by Gasteiger charge is -2.44. The van der Waals surface area contributed by atoms with Crippen LogP contribution in [0.3, 0.4) is 0 Å². The standard InChI is InChI=1S/C25H31N5O2S/c1-2-19-12-20-22(33-19)13-21-23(31)30(15-17-8-7-11-27-14-17)25(26,16-29(20)21)24(32)28-18-9-5-3-4-6-10-18/h7-8,11-14,18H,2-6,9-10,15-16,26H2,1H3,(H,28,32). The zero-order valence-corrected chi connectivity index (χ0v) is 19.9. The molecule has 0 aromatic carbocycles. The molecule has 2 aliphatic rings. The third kappa shape index (κ3) is 4.06. The van der Waals surface area contributed by atoms with Crippen molar-refractivity contribution in [1.29, 1.82) is 0 Å². The van der Waals surface area contributed by atoms with E-state index in [4.69, 9.17) is 5.73 Å². The lowest BCUT2D eigenvalue weighted by molar-refractivity contribution is -0.134. The fourth-order valence-electron chi connectivity index (χ4n) is 5.08. The van der Waals surface area contributed by atoms with Crippen molar-refractivity contribution < 1.29 is 9.59 Å². The maximum absolute atomic E-state index is 13.7. The molecule has 0 spiro atoms. The second kappa shape index (κ2) is 8.91. The lowest BCUT2D eigenvalue weighted by Crippen LogP contribution is -2.71. The first kappa shape index (κ1) is 22.1. The summed E-state index contributed by atoms with van der Waals surface area (Å²) in [5.74, 6) is -0.491. The van der Waals surface area contributed by atoms with Gasteiger partial charge in [0.25, 0.3) is 11.8 Å². The molecule has 1 atom stereocenters. The van der Waals surface area contributed by atoms with Crippen LogP contribution in [0.5, 0.6) is 0 Å². The molecule has 1 saturated carbocycles. The molecule has 3 aromatic heterocycles. The minimum absolute atomic E-state index is 0.106. The van der Waals surface area contributed by atoms with Crippen LogP contribution in [0.2, 0.25) is 0 Å². The number of nitrogens with two attached hydrogens (primary N) is 1. The Hall–Kier alpha value is -2.71. The number of aryl methyl sites for hydroxylation is 1. The highest BCUT2D eigenvalue weighted by atomic mass is 32.1. The molecule has 7 nitrogen and oxygen atoms in total. The van der Waals surface area contributed by atoms with Crippen LogP contribution in [0.25, 0.3) is 10.2 Å². The van der Waals surface area contributed by atoms with Gasteiger partial charge in [0.1, 0.15) is 5.69 Å². The second-order valence-electron chi connectivity index (χ2n) is 9.27. The van der Waals surface area contributed by atoms with E-state index < -0.39 is 5.66 Å². The van der Waals surface area contributed by atoms with E-state index >= 15 is 0 Å². The number of rotatable bonds is 5. The number of carbonyl (C=O) groups is 2. The molecule has 0 bridgehead atoms. The molecule has 4 heterocycles. The molecule has 1 fully saturated rings. The van der Waals surface area contributed by atoms with Crippen molar-refractivity contribution in [1.82, 2.24) is 19.8 Å². The van der Waals surface area contributed by atoms with Gasteiger partial charge in [0.2, 0.25) is 0 Å². The van der Waals surface area contributed by atoms with Gasteiger partial charge < -0.3 is 14.8 Å². The van der Waals surface area contributed by atoms with Gasteiger partial charge in [0.15, 0.2) is 5.66 Å². The predicted molar refractivity (Wildman–Crippen MR) is 130 cm³/mol. The summed E-state index contributed by atoms with van der Waals surface area (Å²) in [5.41, 5.74) is 7.84. The third-order valence-electron chi connectivity index (χ3n) is 6.98. The number of pyridine rings is 1. The highest BCUT2D eigenvalue weighted by Crippen LogP contribution is 2.35. The number of thiophene rings is 1. The molecule has 1 aliphatic carbocycles. The first-order valence-corrected chi connectivity index (χ1v) is 12.7. The number of nitrogens with zero attached hydrogens (tertiary/aromatic N) is 3. The number of aromatic nitrogens is 2. The van der Waals surface area contributed by atoms with Crippen molar-refractivity contribution in [2.45, 2.75) is 76.7 Å². The molecule has 0 radical (unpaired) electrons. The molecule has 1 aliphatic heterocycles. The number of fused-ring (bicyclic) bond motifs is 3. The van der Waals surface area contributed by atoms with Gasteiger partial charge >= 0.3 is 0 Å². The molecular weight excluding hydrogens is 434 g/mol. The normalized spacial score (nSPS) is 21.8. The second-order valence-corrected chi connectivity index (χ2v) is 10.4. The number of nitrogens with one attached hydrogen (secondary N) is 1. The molecular formula is C25H31N5O2S. The molecule has 33 heavy (non-hydrogen) atoms. The van der Waals surface area contributed by atoms with Crippen LogP contribution in [0.1, 0.15) is 66.4 Å². The van der Waals surface area contributed by atoms with E-state index in [1.54, 1.807) is 23.7 Å². The molecule has 3 aromatic rings. The van der Waals surface area contributed by atoms with Crippen LogP contribution in [0.15, 0.2) is 36.7 Å². The lowest BCUT2D eigenvalue weighted by atomic mass is 10.0. The summed E-state index contributed by atoms with van der Waals surface area (Å²) in [7, 11) is 0. The largest absolute Gasteiger partial charge is 0.350 e. The smallest absolute Gasteiger partial charge is 0.272 e. The summed E-state index contributed by atoms with van der Waals surface area (Å²) in [4.78, 5) is 34.4. The molecule has 0 saturated heterocycles. The fourth-order valence-corrected chi connectivity index (χ4v) is 6.12. The van der Waals surface area contributed by atoms with E-state index in [2.05, 4.69) is 23.3 Å². The zero-order chi connectivity index (χ0) is 23.0. The Bertz CT molecular complexity index is 1160. The predicted octanol–water partition coefficient (Wildman–Crippen LogP) is 3.81. The van der Waals surface area contributed by atoms with Crippen LogP contribution in [0, 0.1) is 0 Å². The number of amides is 2. The van der Waals surface area contributed by atoms with Crippen LogP contribution in [-0.4, -0.2) is 38.0 Å². The van der Waals surface area contributed by atoms with Crippen LogP contribution < -0.4 is 11.1 Å². The third-order valence-corrected chi connectivity index (χ3v) is 8.20. The monoisotopic (exact) mass is 465 g/mol. The minimum Gasteiger partial charge on any atom is -0.350 e. The molecule has 2 amide bonds. The Labute approximate surface area is 198 Å². The van der Waals surface area contributed by atoms with Gasteiger partial charge in [-0.05, 0) is 43.0 Å². The Balaban J connectivity index is 1.53. The number of hydrogen-bond donors (Lipinski definition) is 2. The summed E-state index contributed by atoms with van der Waals surface area (Å²) in [5, 5.41) is 3.21. The fraction of sp³-hybridized carbons (Fsp3) is 0.480. The van der Waals surface area contributed by atoms with Crippen molar-refractivity contribution in [3.8, 4) is 0 Å². The maximum Gasteiger partial charge on any atom is 0.272 e. The Morgan fingerprint density at radius 2 is 2.06 bits per heavy atom. The highest BCUT2D eigenvalue weighted by molar-refractivity contribution is 7.19. The van der Waals surface area contributed by atoms with Gasteiger partial charge in [-0.3, -0.25) is 20.3 Å². The summed E-state index contributed by atoms with van der Waals surface area (Å²) >= 11 is 1.69. The van der Waals surface area contributed by atoms with Crippen molar-refractivity contribution in [3.05, 3.63) is 52.8 Å². The summed E-state index contributed by atoms with van der Waals surface area (Å²) in [6.45, 7) is 2.59. The molecule has 3 N–H and O–H groups in total. The average Bonchev–Trinajstić information content (AvgIpc) is 3.26. The first-order chi connectivity index (χ1) is 16.0. The average molecular weight is 466 g/mol. The SMILES string of the molecule is CCc1cc2c(cc3n2CC(N)(C(=O)NC2CCCCCC2)N(Cc2cccnc2)C3=O)s1. The van der Waals surface area contributed by atoms with Gasteiger partial charge in [-0.15, -0.1) is 11.3 Å². The maximum atomic E-state index is 13.7. The van der Waals surface area contributed by atoms with E-state index in [9.17, 15) is 9.59 Å². The van der Waals surface area contributed by atoms with Crippen molar-refractivity contribution in [2.24, 2.45) is 5.73 Å². The summed E-state index contributed by atoms with van der Waals surface area (Å²) in [6.07, 6.45) is 10.9.